The molecule has 0 heterocycles. The summed E-state index contributed by atoms with van der Waals surface area (Å²) in [5.41, 5.74) is 2.27. The number of halogens is 1. The van der Waals surface area contributed by atoms with Gasteiger partial charge in [0.1, 0.15) is 12.6 Å². The van der Waals surface area contributed by atoms with Gasteiger partial charge in [-0.2, -0.15) is 0 Å². The molecular formula is C25H34BrN3O4S. The Hall–Kier alpha value is -2.39. The van der Waals surface area contributed by atoms with Gasteiger partial charge in [-0.25, -0.2) is 8.42 Å². The molecule has 0 aliphatic carbocycles. The van der Waals surface area contributed by atoms with Gasteiger partial charge in [-0.05, 0) is 62.9 Å². The van der Waals surface area contributed by atoms with Crippen LogP contribution >= 0.6 is 15.9 Å². The van der Waals surface area contributed by atoms with Crippen LogP contribution in [0.4, 0.5) is 5.69 Å². The lowest BCUT2D eigenvalue weighted by atomic mass is 10.1. The monoisotopic (exact) mass is 551 g/mol. The lowest BCUT2D eigenvalue weighted by Gasteiger charge is -2.32. The number of benzene rings is 2. The van der Waals surface area contributed by atoms with E-state index < -0.39 is 28.5 Å². The highest BCUT2D eigenvalue weighted by Gasteiger charge is 2.30. The van der Waals surface area contributed by atoms with Crippen LogP contribution in [0, 0.1) is 6.92 Å². The van der Waals surface area contributed by atoms with Crippen molar-refractivity contribution < 1.29 is 18.0 Å². The maximum Gasteiger partial charge on any atom is 0.244 e. The van der Waals surface area contributed by atoms with E-state index in [1.165, 1.54) is 4.90 Å². The largest absolute Gasteiger partial charge is 0.352 e. The molecule has 0 bridgehead atoms. The van der Waals surface area contributed by atoms with Crippen molar-refractivity contribution in [1.82, 2.24) is 10.2 Å². The second-order valence-electron chi connectivity index (χ2n) is 8.52. The van der Waals surface area contributed by atoms with E-state index >= 15 is 0 Å². The van der Waals surface area contributed by atoms with Gasteiger partial charge in [0.25, 0.3) is 0 Å². The van der Waals surface area contributed by atoms with Gasteiger partial charge in [-0.1, -0.05) is 53.2 Å². The molecule has 0 saturated heterocycles. The van der Waals surface area contributed by atoms with Gasteiger partial charge in [0.05, 0.1) is 11.9 Å². The number of anilines is 1. The average molecular weight is 553 g/mol. The van der Waals surface area contributed by atoms with Crippen molar-refractivity contribution in [2.45, 2.75) is 52.6 Å². The van der Waals surface area contributed by atoms with Crippen LogP contribution in [0.25, 0.3) is 0 Å². The van der Waals surface area contributed by atoms with Gasteiger partial charge in [0, 0.05) is 17.1 Å². The Balaban J connectivity index is 2.33. The summed E-state index contributed by atoms with van der Waals surface area (Å²) in [7, 11) is -3.74. The summed E-state index contributed by atoms with van der Waals surface area (Å²) in [4.78, 5) is 27.8. The fourth-order valence-electron chi connectivity index (χ4n) is 3.43. The molecule has 186 valence electrons. The van der Waals surface area contributed by atoms with Gasteiger partial charge in [-0.15, -0.1) is 0 Å². The normalized spacial score (nSPS) is 13.1. The third-order valence-corrected chi connectivity index (χ3v) is 7.79. The SMILES string of the molecule is CC[C@@H](C)NC(=O)[C@@H](C)N(CCc1ccccc1)C(=O)CN(c1ccc(Br)c(C)c1)S(C)(=O)=O. The van der Waals surface area contributed by atoms with E-state index in [9.17, 15) is 18.0 Å². The number of carbonyl (C=O) groups excluding carboxylic acids is 2. The molecule has 0 fully saturated rings. The highest BCUT2D eigenvalue weighted by Crippen LogP contribution is 2.25. The Labute approximate surface area is 211 Å². The van der Waals surface area contributed by atoms with Crippen LogP contribution in [0.5, 0.6) is 0 Å². The number of rotatable bonds is 11. The van der Waals surface area contributed by atoms with Crippen molar-refractivity contribution in [3.8, 4) is 0 Å². The second kappa shape index (κ2) is 12.4. The minimum atomic E-state index is -3.74. The molecule has 9 heteroatoms. The Kier molecular flexibility index (Phi) is 10.1. The zero-order chi connectivity index (χ0) is 25.5. The van der Waals surface area contributed by atoms with Crippen LogP contribution in [0.15, 0.2) is 53.0 Å². The Morgan fingerprint density at radius 3 is 2.29 bits per heavy atom. The summed E-state index contributed by atoms with van der Waals surface area (Å²) in [5.74, 6) is -0.699. The van der Waals surface area contributed by atoms with E-state index in [-0.39, 0.29) is 18.5 Å². The van der Waals surface area contributed by atoms with E-state index in [0.717, 1.165) is 32.6 Å². The smallest absolute Gasteiger partial charge is 0.244 e. The predicted molar refractivity (Wildman–Crippen MR) is 140 cm³/mol. The molecule has 2 amide bonds. The van der Waals surface area contributed by atoms with Crippen molar-refractivity contribution in [2.75, 3.05) is 23.7 Å². The number of hydrogen-bond acceptors (Lipinski definition) is 4. The second-order valence-corrected chi connectivity index (χ2v) is 11.3. The van der Waals surface area contributed by atoms with Crippen molar-refractivity contribution in [1.29, 1.82) is 0 Å². The predicted octanol–water partition coefficient (Wildman–Crippen LogP) is 3.90. The number of sulfonamides is 1. The van der Waals surface area contributed by atoms with E-state index in [0.29, 0.717) is 12.1 Å². The molecule has 0 aliphatic rings. The summed E-state index contributed by atoms with van der Waals surface area (Å²) >= 11 is 3.42. The third-order valence-electron chi connectivity index (χ3n) is 5.76. The van der Waals surface area contributed by atoms with Gasteiger partial charge in [0.2, 0.25) is 21.8 Å². The molecule has 2 aromatic carbocycles. The highest BCUT2D eigenvalue weighted by molar-refractivity contribution is 9.10. The number of amides is 2. The van der Waals surface area contributed by atoms with Crippen LogP contribution in [0.1, 0.15) is 38.3 Å². The molecule has 34 heavy (non-hydrogen) atoms. The van der Waals surface area contributed by atoms with E-state index in [1.54, 1.807) is 25.1 Å². The van der Waals surface area contributed by atoms with E-state index in [2.05, 4.69) is 21.2 Å². The Morgan fingerprint density at radius 2 is 1.74 bits per heavy atom. The summed E-state index contributed by atoms with van der Waals surface area (Å²) < 4.78 is 27.2. The number of carbonyl (C=O) groups is 2. The average Bonchev–Trinajstić information content (AvgIpc) is 2.79. The quantitative estimate of drug-likeness (QED) is 0.458. The molecule has 2 atom stereocenters. The van der Waals surface area contributed by atoms with Gasteiger partial charge in [0.15, 0.2) is 0 Å². The van der Waals surface area contributed by atoms with Crippen molar-refractivity contribution in [3.05, 3.63) is 64.1 Å². The number of aryl methyl sites for hydroxylation is 1. The first kappa shape index (κ1) is 27.9. The molecule has 2 aromatic rings. The topological polar surface area (TPSA) is 86.8 Å². The number of hydrogen-bond donors (Lipinski definition) is 1. The Morgan fingerprint density at radius 1 is 1.09 bits per heavy atom. The summed E-state index contributed by atoms with van der Waals surface area (Å²) in [6, 6.07) is 14.0. The minimum Gasteiger partial charge on any atom is -0.352 e. The van der Waals surface area contributed by atoms with Crippen LogP contribution in [-0.4, -0.2) is 56.6 Å². The minimum absolute atomic E-state index is 0.0284. The van der Waals surface area contributed by atoms with Gasteiger partial charge in [-0.3, -0.25) is 13.9 Å². The Bertz CT molecular complexity index is 1090. The van der Waals surface area contributed by atoms with Crippen LogP contribution in [-0.2, 0) is 26.0 Å². The number of nitrogens with one attached hydrogen (secondary N) is 1. The zero-order valence-electron chi connectivity index (χ0n) is 20.4. The van der Waals surface area contributed by atoms with Gasteiger partial charge < -0.3 is 10.2 Å². The first-order valence-corrected chi connectivity index (χ1v) is 14.0. The first-order valence-electron chi connectivity index (χ1n) is 11.3. The van der Waals surface area contributed by atoms with Gasteiger partial charge >= 0.3 is 0 Å². The molecule has 0 radical (unpaired) electrons. The molecule has 0 aliphatic heterocycles. The maximum atomic E-state index is 13.5. The van der Waals surface area contributed by atoms with Crippen molar-refractivity contribution >= 4 is 43.5 Å². The lowest BCUT2D eigenvalue weighted by Crippen LogP contribution is -2.53. The fourth-order valence-corrected chi connectivity index (χ4v) is 4.52. The molecule has 0 aromatic heterocycles. The molecule has 2 rings (SSSR count). The van der Waals surface area contributed by atoms with Crippen molar-refractivity contribution in [2.24, 2.45) is 0 Å². The molecule has 7 nitrogen and oxygen atoms in total. The summed E-state index contributed by atoms with van der Waals surface area (Å²) in [5, 5.41) is 2.92. The zero-order valence-corrected chi connectivity index (χ0v) is 22.8. The van der Waals surface area contributed by atoms with E-state index in [4.69, 9.17) is 0 Å². The highest BCUT2D eigenvalue weighted by atomic mass is 79.9. The van der Waals surface area contributed by atoms with Crippen LogP contribution in [0.2, 0.25) is 0 Å². The van der Waals surface area contributed by atoms with Crippen molar-refractivity contribution in [3.63, 3.8) is 0 Å². The molecular weight excluding hydrogens is 518 g/mol. The van der Waals surface area contributed by atoms with Crippen LogP contribution in [0.3, 0.4) is 0 Å². The first-order chi connectivity index (χ1) is 15.9. The third kappa shape index (κ3) is 7.84. The summed E-state index contributed by atoms with van der Waals surface area (Å²) in [6.45, 7) is 7.29. The molecule has 1 N–H and O–H groups in total. The molecule has 0 unspecified atom stereocenters. The molecule has 0 spiro atoms. The maximum absolute atomic E-state index is 13.5. The van der Waals surface area contributed by atoms with E-state index in [1.807, 2.05) is 51.1 Å². The number of nitrogens with zero attached hydrogens (tertiary/aromatic N) is 2. The summed E-state index contributed by atoms with van der Waals surface area (Å²) in [6.07, 6.45) is 2.38. The molecule has 0 saturated carbocycles. The standard InChI is InChI=1S/C25H34BrN3O4S/c1-6-19(3)27-25(31)20(4)28(15-14-21-10-8-7-9-11-21)24(30)17-29(34(5,32)33)22-12-13-23(26)18(2)16-22/h7-13,16,19-20H,6,14-15,17H2,1-5H3,(H,27,31)/t19-,20-/m1/s1. The lowest BCUT2D eigenvalue weighted by molar-refractivity contribution is -0.139. The fraction of sp³-hybridized carbons (Fsp3) is 0.440. The van der Waals surface area contributed by atoms with Crippen LogP contribution < -0.4 is 9.62 Å².